The first kappa shape index (κ1) is 13.9. The van der Waals surface area contributed by atoms with Gasteiger partial charge in [0.05, 0.1) is 0 Å². The van der Waals surface area contributed by atoms with E-state index in [0.29, 0.717) is 11.8 Å². The number of amides is 2. The van der Waals surface area contributed by atoms with E-state index in [9.17, 15) is 9.59 Å². The third kappa shape index (κ3) is 2.82. The highest BCUT2D eigenvalue weighted by molar-refractivity contribution is 5.83. The van der Waals surface area contributed by atoms with Crippen LogP contribution in [0.1, 0.15) is 38.5 Å². The van der Waals surface area contributed by atoms with Crippen molar-refractivity contribution >= 4 is 11.8 Å². The lowest BCUT2D eigenvalue weighted by atomic mass is 9.88. The Morgan fingerprint density at radius 3 is 2.65 bits per heavy atom. The molecular weight excluding hydrogens is 254 g/mol. The van der Waals surface area contributed by atoms with Crippen LogP contribution < -0.4 is 5.32 Å². The molecule has 3 aliphatic rings. The van der Waals surface area contributed by atoms with Gasteiger partial charge in [-0.3, -0.25) is 9.69 Å². The summed E-state index contributed by atoms with van der Waals surface area (Å²) in [6.45, 7) is 4.39. The number of hydrogen-bond acceptors (Lipinski definition) is 3. The molecule has 2 aliphatic heterocycles. The van der Waals surface area contributed by atoms with Crippen LogP contribution in [0.3, 0.4) is 0 Å². The third-order valence-electron chi connectivity index (χ3n) is 5.08. The second-order valence-electron chi connectivity index (χ2n) is 6.28. The molecule has 112 valence electrons. The monoisotopic (exact) mass is 279 g/mol. The lowest BCUT2D eigenvalue weighted by Gasteiger charge is -2.39. The maximum Gasteiger partial charge on any atom is 0.317 e. The number of Topliss-reactive ketones (excluding diaryl/α,β-unsaturated/α-hetero) is 1. The van der Waals surface area contributed by atoms with E-state index in [-0.39, 0.29) is 11.9 Å². The number of nitrogens with zero attached hydrogens (tertiary/aromatic N) is 2. The average Bonchev–Trinajstić information content (AvgIpc) is 3.06. The molecule has 3 fully saturated rings. The maximum atomic E-state index is 12.0. The Labute approximate surface area is 120 Å². The number of hydrogen-bond donors (Lipinski definition) is 1. The van der Waals surface area contributed by atoms with E-state index in [2.05, 4.69) is 10.2 Å². The average molecular weight is 279 g/mol. The van der Waals surface area contributed by atoms with Crippen molar-refractivity contribution in [3.8, 4) is 0 Å². The Hall–Kier alpha value is -1.10. The molecule has 0 spiro atoms. The van der Waals surface area contributed by atoms with Crippen LogP contribution in [0.2, 0.25) is 0 Å². The minimum atomic E-state index is 0.0653. The standard InChI is InChI=1S/C15H25N3O2/c19-14-6-3-4-12(14)13-5-1-2-8-17(13)10-11-18-9-7-16-15(18)20/h12-13H,1-11H2,(H,16,20). The van der Waals surface area contributed by atoms with Crippen molar-refractivity contribution in [1.82, 2.24) is 15.1 Å². The van der Waals surface area contributed by atoms with Crippen molar-refractivity contribution in [1.29, 1.82) is 0 Å². The van der Waals surface area contributed by atoms with Crippen molar-refractivity contribution in [2.75, 3.05) is 32.7 Å². The topological polar surface area (TPSA) is 52.7 Å². The number of carbonyl (C=O) groups is 2. The van der Waals surface area contributed by atoms with Gasteiger partial charge in [-0.15, -0.1) is 0 Å². The molecular formula is C15H25N3O2. The Morgan fingerprint density at radius 1 is 1.05 bits per heavy atom. The largest absolute Gasteiger partial charge is 0.336 e. The molecule has 1 saturated carbocycles. The van der Waals surface area contributed by atoms with Crippen LogP contribution in [0.4, 0.5) is 4.79 Å². The lowest BCUT2D eigenvalue weighted by Crippen LogP contribution is -2.48. The van der Waals surface area contributed by atoms with Crippen LogP contribution in [0.15, 0.2) is 0 Å². The van der Waals surface area contributed by atoms with E-state index in [1.54, 1.807) is 0 Å². The fraction of sp³-hybridized carbons (Fsp3) is 0.867. The zero-order valence-corrected chi connectivity index (χ0v) is 12.1. The Balaban J connectivity index is 1.57. The Kier molecular flexibility index (Phi) is 4.24. The van der Waals surface area contributed by atoms with Gasteiger partial charge in [0.1, 0.15) is 5.78 Å². The third-order valence-corrected chi connectivity index (χ3v) is 5.08. The van der Waals surface area contributed by atoms with Gasteiger partial charge in [-0.05, 0) is 32.2 Å². The number of piperidine rings is 1. The van der Waals surface area contributed by atoms with Crippen LogP contribution in [-0.4, -0.2) is 60.4 Å². The molecule has 5 nitrogen and oxygen atoms in total. The summed E-state index contributed by atoms with van der Waals surface area (Å²) in [4.78, 5) is 28.0. The van der Waals surface area contributed by atoms with Gasteiger partial charge in [0, 0.05) is 44.6 Å². The first-order valence-corrected chi connectivity index (χ1v) is 8.05. The lowest BCUT2D eigenvalue weighted by molar-refractivity contribution is -0.123. The molecule has 2 heterocycles. The summed E-state index contributed by atoms with van der Waals surface area (Å²) in [5.74, 6) is 0.739. The molecule has 0 aromatic heterocycles. The summed E-state index contributed by atoms with van der Waals surface area (Å²) >= 11 is 0. The molecule has 1 aliphatic carbocycles. The molecule has 0 radical (unpaired) electrons. The maximum absolute atomic E-state index is 12.0. The van der Waals surface area contributed by atoms with Crippen LogP contribution >= 0.6 is 0 Å². The van der Waals surface area contributed by atoms with E-state index in [4.69, 9.17) is 0 Å². The summed E-state index contributed by atoms with van der Waals surface area (Å²) in [5, 5.41) is 2.85. The first-order valence-electron chi connectivity index (χ1n) is 8.05. The Morgan fingerprint density at radius 2 is 1.95 bits per heavy atom. The minimum Gasteiger partial charge on any atom is -0.336 e. The Bertz CT molecular complexity index is 385. The zero-order chi connectivity index (χ0) is 13.9. The molecule has 2 amide bonds. The van der Waals surface area contributed by atoms with E-state index >= 15 is 0 Å². The highest BCUT2D eigenvalue weighted by Gasteiger charge is 2.36. The van der Waals surface area contributed by atoms with Gasteiger partial charge in [-0.25, -0.2) is 4.79 Å². The van der Waals surface area contributed by atoms with Gasteiger partial charge in [0.2, 0.25) is 0 Å². The molecule has 2 unspecified atom stereocenters. The fourth-order valence-corrected chi connectivity index (χ4v) is 3.97. The predicted octanol–water partition coefficient (Wildman–Crippen LogP) is 1.24. The van der Waals surface area contributed by atoms with E-state index in [1.165, 1.54) is 12.8 Å². The summed E-state index contributed by atoms with van der Waals surface area (Å²) in [7, 11) is 0. The second-order valence-corrected chi connectivity index (χ2v) is 6.28. The quantitative estimate of drug-likeness (QED) is 0.842. The highest BCUT2D eigenvalue weighted by Crippen LogP contribution is 2.32. The summed E-state index contributed by atoms with van der Waals surface area (Å²) in [6, 6.07) is 0.500. The van der Waals surface area contributed by atoms with Gasteiger partial charge in [-0.1, -0.05) is 6.42 Å². The van der Waals surface area contributed by atoms with Gasteiger partial charge >= 0.3 is 6.03 Å². The van der Waals surface area contributed by atoms with Crippen molar-refractivity contribution in [3.63, 3.8) is 0 Å². The summed E-state index contributed by atoms with van der Waals surface area (Å²) in [6.07, 6.45) is 6.55. The second kappa shape index (κ2) is 6.12. The molecule has 0 bridgehead atoms. The number of nitrogens with one attached hydrogen (secondary N) is 1. The molecule has 3 rings (SSSR count). The summed E-state index contributed by atoms with van der Waals surface area (Å²) in [5.41, 5.74) is 0. The van der Waals surface area contributed by atoms with Crippen LogP contribution in [0.5, 0.6) is 0 Å². The number of ketones is 1. The van der Waals surface area contributed by atoms with Gasteiger partial charge < -0.3 is 10.2 Å². The molecule has 0 aromatic carbocycles. The van der Waals surface area contributed by atoms with Crippen LogP contribution in [0, 0.1) is 5.92 Å². The van der Waals surface area contributed by atoms with Gasteiger partial charge in [0.15, 0.2) is 0 Å². The van der Waals surface area contributed by atoms with E-state index in [0.717, 1.165) is 58.4 Å². The molecule has 20 heavy (non-hydrogen) atoms. The molecule has 2 atom stereocenters. The minimum absolute atomic E-state index is 0.0653. The first-order chi connectivity index (χ1) is 9.75. The van der Waals surface area contributed by atoms with Crippen molar-refractivity contribution in [2.45, 2.75) is 44.6 Å². The number of urea groups is 1. The summed E-state index contributed by atoms with van der Waals surface area (Å²) < 4.78 is 0. The predicted molar refractivity (Wildman–Crippen MR) is 76.5 cm³/mol. The van der Waals surface area contributed by atoms with Crippen LogP contribution in [0.25, 0.3) is 0 Å². The van der Waals surface area contributed by atoms with Gasteiger partial charge in [0.25, 0.3) is 0 Å². The van der Waals surface area contributed by atoms with Crippen molar-refractivity contribution in [3.05, 3.63) is 0 Å². The molecule has 1 N–H and O–H groups in total. The number of rotatable bonds is 4. The number of carbonyl (C=O) groups excluding carboxylic acids is 2. The van der Waals surface area contributed by atoms with Gasteiger partial charge in [-0.2, -0.15) is 0 Å². The SMILES string of the molecule is O=C1CCCC1C1CCCCN1CCN1CCNC1=O. The number of likely N-dealkylation sites (tertiary alicyclic amines) is 1. The van der Waals surface area contributed by atoms with E-state index < -0.39 is 0 Å². The zero-order valence-electron chi connectivity index (χ0n) is 12.1. The molecule has 5 heteroatoms. The van der Waals surface area contributed by atoms with E-state index in [1.807, 2.05) is 4.90 Å². The molecule has 2 saturated heterocycles. The smallest absolute Gasteiger partial charge is 0.317 e. The van der Waals surface area contributed by atoms with Crippen molar-refractivity contribution in [2.24, 2.45) is 5.92 Å². The fourth-order valence-electron chi connectivity index (χ4n) is 3.97. The normalized spacial score (nSPS) is 31.9. The van der Waals surface area contributed by atoms with Crippen LogP contribution in [-0.2, 0) is 4.79 Å². The highest BCUT2D eigenvalue weighted by atomic mass is 16.2. The van der Waals surface area contributed by atoms with Crippen molar-refractivity contribution < 1.29 is 9.59 Å². The molecule has 0 aromatic rings.